The van der Waals surface area contributed by atoms with Crippen molar-refractivity contribution in [1.82, 2.24) is 9.80 Å². The number of hydrogen-bond donors (Lipinski definition) is 0. The lowest BCUT2D eigenvalue weighted by atomic mass is 9.99. The molecule has 2 aromatic carbocycles. The molecule has 0 aromatic heterocycles. The number of amides is 2. The van der Waals surface area contributed by atoms with Gasteiger partial charge in [-0.05, 0) is 24.7 Å². The first kappa shape index (κ1) is 21.2. The Kier molecular flexibility index (Phi) is 6.13. The van der Waals surface area contributed by atoms with Gasteiger partial charge in [-0.25, -0.2) is 0 Å². The summed E-state index contributed by atoms with van der Waals surface area (Å²) >= 11 is 0. The summed E-state index contributed by atoms with van der Waals surface area (Å²) in [5.74, 6) is 0.831. The number of rotatable bonds is 5. The van der Waals surface area contributed by atoms with Crippen LogP contribution in [0.25, 0.3) is 0 Å². The Bertz CT molecular complexity index is 949. The highest BCUT2D eigenvalue weighted by molar-refractivity contribution is 6.01. The second-order valence-corrected chi connectivity index (χ2v) is 8.16. The van der Waals surface area contributed by atoms with Gasteiger partial charge in [0.05, 0.1) is 31.9 Å². The van der Waals surface area contributed by atoms with Crippen LogP contribution in [0, 0.1) is 5.92 Å². The van der Waals surface area contributed by atoms with Crippen LogP contribution in [-0.2, 0) is 9.59 Å². The fourth-order valence-electron chi connectivity index (χ4n) is 4.49. The second-order valence-electron chi connectivity index (χ2n) is 8.16. The van der Waals surface area contributed by atoms with Gasteiger partial charge in [0.15, 0.2) is 0 Å². The van der Waals surface area contributed by atoms with E-state index in [1.807, 2.05) is 29.2 Å². The summed E-state index contributed by atoms with van der Waals surface area (Å²) in [5, 5.41) is 0. The van der Waals surface area contributed by atoms with Crippen LogP contribution in [0.5, 0.6) is 11.5 Å². The van der Waals surface area contributed by atoms with Crippen LogP contribution in [0.15, 0.2) is 48.5 Å². The molecular formula is C24H29N3O4. The van der Waals surface area contributed by atoms with E-state index in [0.29, 0.717) is 30.3 Å². The Hall–Kier alpha value is -3.06. The zero-order chi connectivity index (χ0) is 22.0. The van der Waals surface area contributed by atoms with Crippen molar-refractivity contribution in [2.24, 2.45) is 5.92 Å². The van der Waals surface area contributed by atoms with E-state index in [1.54, 1.807) is 31.3 Å². The third-order valence-corrected chi connectivity index (χ3v) is 6.20. The van der Waals surface area contributed by atoms with Crippen molar-refractivity contribution in [2.45, 2.75) is 12.5 Å². The molecule has 7 heteroatoms. The lowest BCUT2D eigenvalue weighted by Crippen LogP contribution is -2.51. The van der Waals surface area contributed by atoms with Crippen LogP contribution < -0.4 is 14.4 Å². The molecule has 2 aromatic rings. The molecule has 2 unspecified atom stereocenters. The SMILES string of the molecule is COc1ccc(N2CC(C(=O)N3CCN(C)CC3c3ccccc3)CC2=O)c(OC)c1. The van der Waals surface area contributed by atoms with Crippen molar-refractivity contribution in [3.63, 3.8) is 0 Å². The van der Waals surface area contributed by atoms with Crippen molar-refractivity contribution < 1.29 is 19.1 Å². The Morgan fingerprint density at radius 1 is 1.00 bits per heavy atom. The molecule has 2 atom stereocenters. The average Bonchev–Trinajstić information content (AvgIpc) is 3.20. The van der Waals surface area contributed by atoms with Gasteiger partial charge >= 0.3 is 0 Å². The normalized spacial score (nSPS) is 22.0. The molecule has 2 fully saturated rings. The van der Waals surface area contributed by atoms with Crippen molar-refractivity contribution in [1.29, 1.82) is 0 Å². The number of benzene rings is 2. The first-order chi connectivity index (χ1) is 15.0. The molecule has 2 aliphatic rings. The molecule has 0 radical (unpaired) electrons. The topological polar surface area (TPSA) is 62.3 Å². The van der Waals surface area contributed by atoms with E-state index in [-0.39, 0.29) is 30.2 Å². The Morgan fingerprint density at radius 3 is 2.48 bits per heavy atom. The molecular weight excluding hydrogens is 394 g/mol. The number of nitrogens with zero attached hydrogens (tertiary/aromatic N) is 3. The van der Waals surface area contributed by atoms with Crippen molar-refractivity contribution in [2.75, 3.05) is 52.3 Å². The van der Waals surface area contributed by atoms with Crippen molar-refractivity contribution >= 4 is 17.5 Å². The number of piperazine rings is 1. The summed E-state index contributed by atoms with van der Waals surface area (Å²) in [6, 6.07) is 15.5. The third kappa shape index (κ3) is 4.23. The molecule has 31 heavy (non-hydrogen) atoms. The largest absolute Gasteiger partial charge is 0.497 e. The molecule has 4 rings (SSSR count). The maximum Gasteiger partial charge on any atom is 0.228 e. The number of hydrogen-bond acceptors (Lipinski definition) is 5. The van der Waals surface area contributed by atoms with Gasteiger partial charge in [-0.3, -0.25) is 9.59 Å². The average molecular weight is 424 g/mol. The van der Waals surface area contributed by atoms with Gasteiger partial charge in [0.1, 0.15) is 11.5 Å². The molecule has 7 nitrogen and oxygen atoms in total. The molecule has 0 N–H and O–H groups in total. The van der Waals surface area contributed by atoms with E-state index in [1.165, 1.54) is 0 Å². The molecule has 0 saturated carbocycles. The van der Waals surface area contributed by atoms with E-state index >= 15 is 0 Å². The number of methoxy groups -OCH3 is 2. The van der Waals surface area contributed by atoms with Crippen LogP contribution in [0.3, 0.4) is 0 Å². The number of anilines is 1. The minimum Gasteiger partial charge on any atom is -0.497 e. The predicted octanol–water partition coefficient (Wildman–Crippen LogP) is 2.57. The maximum atomic E-state index is 13.5. The van der Waals surface area contributed by atoms with Gasteiger partial charge < -0.3 is 24.2 Å². The van der Waals surface area contributed by atoms with Gasteiger partial charge in [-0.2, -0.15) is 0 Å². The van der Waals surface area contributed by atoms with Crippen LogP contribution in [0.1, 0.15) is 18.0 Å². The third-order valence-electron chi connectivity index (χ3n) is 6.20. The lowest BCUT2D eigenvalue weighted by molar-refractivity contribution is -0.140. The van der Waals surface area contributed by atoms with E-state index in [4.69, 9.17) is 9.47 Å². The minimum atomic E-state index is -0.367. The minimum absolute atomic E-state index is 0.00729. The van der Waals surface area contributed by atoms with Gasteiger partial charge in [0, 0.05) is 38.7 Å². The van der Waals surface area contributed by atoms with Gasteiger partial charge in [-0.15, -0.1) is 0 Å². The summed E-state index contributed by atoms with van der Waals surface area (Å²) < 4.78 is 10.7. The van der Waals surface area contributed by atoms with Gasteiger partial charge in [0.2, 0.25) is 11.8 Å². The zero-order valence-corrected chi connectivity index (χ0v) is 18.3. The number of ether oxygens (including phenoxy) is 2. The van der Waals surface area contributed by atoms with Crippen LogP contribution in [-0.4, -0.2) is 69.1 Å². The second kappa shape index (κ2) is 8.98. The number of carbonyl (C=O) groups excluding carboxylic acids is 2. The summed E-state index contributed by atoms with van der Waals surface area (Å²) in [5.41, 5.74) is 1.79. The molecule has 0 aliphatic carbocycles. The lowest BCUT2D eigenvalue weighted by Gasteiger charge is -2.41. The Labute approximate surface area is 183 Å². The first-order valence-corrected chi connectivity index (χ1v) is 10.6. The van der Waals surface area contributed by atoms with E-state index in [2.05, 4.69) is 24.1 Å². The van der Waals surface area contributed by atoms with Crippen LogP contribution in [0.2, 0.25) is 0 Å². The summed E-state index contributed by atoms with van der Waals surface area (Å²) in [6.45, 7) is 2.62. The fraction of sp³-hybridized carbons (Fsp3) is 0.417. The van der Waals surface area contributed by atoms with Crippen LogP contribution >= 0.6 is 0 Å². The van der Waals surface area contributed by atoms with E-state index in [0.717, 1.165) is 18.7 Å². The monoisotopic (exact) mass is 423 g/mol. The summed E-state index contributed by atoms with van der Waals surface area (Å²) in [6.07, 6.45) is 0.210. The maximum absolute atomic E-state index is 13.5. The smallest absolute Gasteiger partial charge is 0.228 e. The molecule has 2 heterocycles. The predicted molar refractivity (Wildman–Crippen MR) is 118 cm³/mol. The van der Waals surface area contributed by atoms with Gasteiger partial charge in [-0.1, -0.05) is 30.3 Å². The molecule has 0 bridgehead atoms. The molecule has 2 amide bonds. The fourth-order valence-corrected chi connectivity index (χ4v) is 4.49. The molecule has 164 valence electrons. The Balaban J connectivity index is 1.55. The first-order valence-electron chi connectivity index (χ1n) is 10.6. The Morgan fingerprint density at radius 2 is 1.77 bits per heavy atom. The number of likely N-dealkylation sites (N-methyl/N-ethyl adjacent to an activating group) is 1. The standard InChI is InChI=1S/C24H29N3O4/c1-25-11-12-26(21(16-25)17-7-5-4-6-8-17)24(29)18-13-23(28)27(15-18)20-10-9-19(30-2)14-22(20)31-3/h4-10,14,18,21H,11-13,15-16H2,1-3H3. The molecule has 0 spiro atoms. The van der Waals surface area contributed by atoms with Crippen molar-refractivity contribution in [3.8, 4) is 11.5 Å². The van der Waals surface area contributed by atoms with E-state index in [9.17, 15) is 9.59 Å². The van der Waals surface area contributed by atoms with Gasteiger partial charge in [0.25, 0.3) is 0 Å². The summed E-state index contributed by atoms with van der Waals surface area (Å²) in [7, 11) is 5.23. The van der Waals surface area contributed by atoms with Crippen LogP contribution in [0.4, 0.5) is 5.69 Å². The molecule has 2 aliphatic heterocycles. The summed E-state index contributed by atoms with van der Waals surface area (Å²) in [4.78, 5) is 32.3. The highest BCUT2D eigenvalue weighted by Gasteiger charge is 2.41. The quantitative estimate of drug-likeness (QED) is 0.740. The highest BCUT2D eigenvalue weighted by atomic mass is 16.5. The highest BCUT2D eigenvalue weighted by Crippen LogP contribution is 2.37. The zero-order valence-electron chi connectivity index (χ0n) is 18.3. The van der Waals surface area contributed by atoms with E-state index < -0.39 is 0 Å². The number of carbonyl (C=O) groups is 2. The van der Waals surface area contributed by atoms with Crippen molar-refractivity contribution in [3.05, 3.63) is 54.1 Å². The molecule has 2 saturated heterocycles.